The molecule has 0 bridgehead atoms. The molecule has 0 unspecified atom stereocenters. The predicted octanol–water partition coefficient (Wildman–Crippen LogP) is 1.29. The van der Waals surface area contributed by atoms with Crippen molar-refractivity contribution >= 4 is 15.9 Å². The lowest BCUT2D eigenvalue weighted by Gasteiger charge is -1.93. The normalized spacial score (nSPS) is 10.9. The van der Waals surface area contributed by atoms with Crippen LogP contribution in [0, 0.1) is 6.92 Å². The molecule has 0 aliphatic carbocycles. The van der Waals surface area contributed by atoms with Crippen molar-refractivity contribution in [1.82, 2.24) is 14.3 Å². The first-order valence-corrected chi connectivity index (χ1v) is 5.20. The number of nitrogens with zero attached hydrogens (tertiary/aromatic N) is 3. The van der Waals surface area contributed by atoms with E-state index in [0.717, 1.165) is 5.56 Å². The van der Waals surface area contributed by atoms with Crippen LogP contribution in [0.1, 0.15) is 11.4 Å². The summed E-state index contributed by atoms with van der Waals surface area (Å²) in [5.74, 6) is 0.697. The van der Waals surface area contributed by atoms with E-state index < -0.39 is 0 Å². The zero-order valence-electron chi connectivity index (χ0n) is 8.40. The van der Waals surface area contributed by atoms with Crippen LogP contribution in [0.3, 0.4) is 0 Å². The van der Waals surface area contributed by atoms with Gasteiger partial charge in [-0.1, -0.05) is 0 Å². The minimum atomic E-state index is -0.121. The molecule has 0 amide bonds. The summed E-state index contributed by atoms with van der Waals surface area (Å²) >= 11 is 3.20. The van der Waals surface area contributed by atoms with Crippen LogP contribution in [0.25, 0.3) is 0 Å². The van der Waals surface area contributed by atoms with Crippen molar-refractivity contribution in [3.63, 3.8) is 0 Å². The molecule has 5 nitrogen and oxygen atoms in total. The molecule has 80 valence electrons. The molecule has 0 saturated carbocycles. The molecule has 2 aromatic rings. The fourth-order valence-corrected chi connectivity index (χ4v) is 1.69. The van der Waals surface area contributed by atoms with Crippen LogP contribution in [-0.4, -0.2) is 14.3 Å². The van der Waals surface area contributed by atoms with Crippen LogP contribution in [0.4, 0.5) is 0 Å². The molecule has 0 N–H and O–H groups in total. The highest BCUT2D eigenvalue weighted by molar-refractivity contribution is 9.10. The molecule has 2 heterocycles. The first-order chi connectivity index (χ1) is 7.08. The Morgan fingerprint density at radius 1 is 1.60 bits per heavy atom. The first-order valence-electron chi connectivity index (χ1n) is 4.41. The summed E-state index contributed by atoms with van der Waals surface area (Å²) in [7, 11) is 1.70. The van der Waals surface area contributed by atoms with Gasteiger partial charge in [-0.15, -0.1) is 0 Å². The molecule has 0 fully saturated rings. The smallest absolute Gasteiger partial charge is 0.345 e. The molecule has 0 aromatic carbocycles. The van der Waals surface area contributed by atoms with Gasteiger partial charge in [0.25, 0.3) is 0 Å². The molecule has 0 atom stereocenters. The second-order valence-corrected chi connectivity index (χ2v) is 4.09. The van der Waals surface area contributed by atoms with Crippen molar-refractivity contribution in [2.75, 3.05) is 0 Å². The zero-order valence-corrected chi connectivity index (χ0v) is 9.98. The molecule has 0 aliphatic rings. The number of hydrogen-bond donors (Lipinski definition) is 0. The Labute approximate surface area is 94.4 Å². The van der Waals surface area contributed by atoms with E-state index in [1.54, 1.807) is 20.2 Å². The molecule has 0 radical (unpaired) electrons. The van der Waals surface area contributed by atoms with E-state index in [2.05, 4.69) is 21.0 Å². The third-order valence-corrected chi connectivity index (χ3v) is 2.63. The van der Waals surface area contributed by atoms with Crippen LogP contribution < -0.4 is 5.69 Å². The number of hydrogen-bond acceptors (Lipinski definition) is 3. The van der Waals surface area contributed by atoms with Gasteiger partial charge in [0.05, 0.1) is 12.8 Å². The summed E-state index contributed by atoms with van der Waals surface area (Å²) in [6.07, 6.45) is 1.60. The van der Waals surface area contributed by atoms with Gasteiger partial charge in [-0.25, -0.2) is 9.48 Å². The van der Waals surface area contributed by atoms with Gasteiger partial charge < -0.3 is 4.42 Å². The Balaban J connectivity index is 2.32. The molecular formula is C9H10BrN3O2. The lowest BCUT2D eigenvalue weighted by molar-refractivity contribution is 0.534. The van der Waals surface area contributed by atoms with E-state index in [-0.39, 0.29) is 5.69 Å². The van der Waals surface area contributed by atoms with E-state index in [1.807, 2.05) is 6.07 Å². The molecule has 2 rings (SSSR count). The second kappa shape index (κ2) is 3.69. The molecule has 0 saturated heterocycles. The first kappa shape index (κ1) is 10.2. The Bertz CT molecular complexity index is 538. The summed E-state index contributed by atoms with van der Waals surface area (Å²) < 4.78 is 8.65. The molecule has 2 aromatic heterocycles. The van der Waals surface area contributed by atoms with Crippen LogP contribution in [0.2, 0.25) is 0 Å². The molecule has 15 heavy (non-hydrogen) atoms. The lowest BCUT2D eigenvalue weighted by Crippen LogP contribution is -2.23. The monoisotopic (exact) mass is 271 g/mol. The van der Waals surface area contributed by atoms with E-state index >= 15 is 0 Å². The highest BCUT2D eigenvalue weighted by Gasteiger charge is 2.07. The number of furan rings is 1. The van der Waals surface area contributed by atoms with Gasteiger partial charge in [-0.05, 0) is 28.9 Å². The Hall–Kier alpha value is -1.30. The van der Waals surface area contributed by atoms with Crippen molar-refractivity contribution in [2.45, 2.75) is 13.5 Å². The average Bonchev–Trinajstić information content (AvgIpc) is 2.68. The maximum absolute atomic E-state index is 11.6. The minimum absolute atomic E-state index is 0.121. The maximum Gasteiger partial charge on any atom is 0.345 e. The Morgan fingerprint density at radius 2 is 2.33 bits per heavy atom. The van der Waals surface area contributed by atoms with Crippen LogP contribution in [-0.2, 0) is 13.6 Å². The Kier molecular flexibility index (Phi) is 2.52. The molecule has 6 heteroatoms. The number of aryl methyl sites for hydroxylation is 1. The summed E-state index contributed by atoms with van der Waals surface area (Å²) in [4.78, 5) is 11.6. The van der Waals surface area contributed by atoms with E-state index in [9.17, 15) is 4.79 Å². The van der Waals surface area contributed by atoms with Crippen molar-refractivity contribution in [1.29, 1.82) is 0 Å². The van der Waals surface area contributed by atoms with Gasteiger partial charge in [-0.2, -0.15) is 5.10 Å². The van der Waals surface area contributed by atoms with Gasteiger partial charge >= 0.3 is 5.69 Å². The number of aromatic nitrogens is 3. The third-order valence-electron chi connectivity index (χ3n) is 2.21. The summed E-state index contributed by atoms with van der Waals surface area (Å²) in [6, 6.07) is 1.82. The quantitative estimate of drug-likeness (QED) is 0.827. The van der Waals surface area contributed by atoms with Gasteiger partial charge in [0.15, 0.2) is 4.67 Å². The van der Waals surface area contributed by atoms with Gasteiger partial charge in [0.2, 0.25) is 0 Å². The number of halogens is 1. The summed E-state index contributed by atoms with van der Waals surface area (Å²) in [5, 5.41) is 4.12. The maximum atomic E-state index is 11.6. The highest BCUT2D eigenvalue weighted by atomic mass is 79.9. The van der Waals surface area contributed by atoms with Crippen LogP contribution in [0.15, 0.2) is 26.2 Å². The predicted molar refractivity (Wildman–Crippen MR) is 57.7 cm³/mol. The standard InChI is InChI=1S/C9H10BrN3O2/c1-6-11-13(9(14)12(6)2)4-7-3-8(10)15-5-7/h3,5H,4H2,1-2H3. The summed E-state index contributed by atoms with van der Waals surface area (Å²) in [5.41, 5.74) is 0.784. The zero-order chi connectivity index (χ0) is 11.0. The fourth-order valence-electron chi connectivity index (χ4n) is 1.30. The van der Waals surface area contributed by atoms with E-state index in [0.29, 0.717) is 17.0 Å². The average molecular weight is 272 g/mol. The van der Waals surface area contributed by atoms with Crippen LogP contribution >= 0.6 is 15.9 Å². The third kappa shape index (κ3) is 1.90. The minimum Gasteiger partial charge on any atom is -0.457 e. The second-order valence-electron chi connectivity index (χ2n) is 3.31. The summed E-state index contributed by atoms with van der Waals surface area (Å²) in [6.45, 7) is 2.22. The number of rotatable bonds is 2. The van der Waals surface area contributed by atoms with Crippen molar-refractivity contribution in [3.05, 3.63) is 38.9 Å². The lowest BCUT2D eigenvalue weighted by atomic mass is 10.3. The molecular weight excluding hydrogens is 262 g/mol. The fraction of sp³-hybridized carbons (Fsp3) is 0.333. The van der Waals surface area contributed by atoms with Gasteiger partial charge in [-0.3, -0.25) is 4.57 Å². The van der Waals surface area contributed by atoms with E-state index in [4.69, 9.17) is 4.42 Å². The Morgan fingerprint density at radius 3 is 2.80 bits per heavy atom. The SMILES string of the molecule is Cc1nn(Cc2coc(Br)c2)c(=O)n1C. The van der Waals surface area contributed by atoms with E-state index in [1.165, 1.54) is 9.25 Å². The van der Waals surface area contributed by atoms with Crippen molar-refractivity contribution in [2.24, 2.45) is 7.05 Å². The molecule has 0 aliphatic heterocycles. The van der Waals surface area contributed by atoms with Crippen LogP contribution in [0.5, 0.6) is 0 Å². The van der Waals surface area contributed by atoms with Gasteiger partial charge in [0.1, 0.15) is 5.82 Å². The topological polar surface area (TPSA) is 53.0 Å². The highest BCUT2D eigenvalue weighted by Crippen LogP contribution is 2.14. The van der Waals surface area contributed by atoms with Crippen molar-refractivity contribution in [3.8, 4) is 0 Å². The van der Waals surface area contributed by atoms with Gasteiger partial charge in [0, 0.05) is 12.6 Å². The largest absolute Gasteiger partial charge is 0.457 e. The van der Waals surface area contributed by atoms with Crippen molar-refractivity contribution < 1.29 is 4.42 Å². The molecule has 0 spiro atoms.